The van der Waals surface area contributed by atoms with Crippen molar-refractivity contribution in [1.29, 1.82) is 0 Å². The van der Waals surface area contributed by atoms with Crippen LogP contribution >= 0.6 is 0 Å². The van der Waals surface area contributed by atoms with Crippen LogP contribution < -0.4 is 0 Å². The molecule has 2 aromatic rings. The highest BCUT2D eigenvalue weighted by atomic mass is 15.1. The highest BCUT2D eigenvalue weighted by Gasteiger charge is 2.22. The van der Waals surface area contributed by atoms with Crippen LogP contribution in [0.2, 0.25) is 0 Å². The predicted octanol–water partition coefficient (Wildman–Crippen LogP) is 2.24. The lowest BCUT2D eigenvalue weighted by atomic mass is 10.1. The molecule has 0 atom stereocenters. The summed E-state index contributed by atoms with van der Waals surface area (Å²) in [4.78, 5) is 6.74. The summed E-state index contributed by atoms with van der Waals surface area (Å²) in [6.07, 6.45) is 4.90. The van der Waals surface area contributed by atoms with Gasteiger partial charge in [0.15, 0.2) is 0 Å². The lowest BCUT2D eigenvalue weighted by Crippen LogP contribution is -2.30. The van der Waals surface area contributed by atoms with E-state index in [4.69, 9.17) is 0 Å². The third kappa shape index (κ3) is 1.61. The van der Waals surface area contributed by atoms with Gasteiger partial charge in [0.2, 0.25) is 0 Å². The summed E-state index contributed by atoms with van der Waals surface area (Å²) in [5.74, 6) is 3.02. The number of pyridine rings is 1. The van der Waals surface area contributed by atoms with Crippen molar-refractivity contribution in [3.05, 3.63) is 29.7 Å². The molecule has 3 heterocycles. The van der Waals surface area contributed by atoms with Crippen LogP contribution in [0.3, 0.4) is 0 Å². The van der Waals surface area contributed by atoms with Gasteiger partial charge >= 0.3 is 0 Å². The van der Waals surface area contributed by atoms with Gasteiger partial charge in [0, 0.05) is 49.0 Å². The van der Waals surface area contributed by atoms with Gasteiger partial charge in [0.1, 0.15) is 0 Å². The molecule has 0 aliphatic carbocycles. The smallest absolute Gasteiger partial charge is 0.0649 e. The summed E-state index contributed by atoms with van der Waals surface area (Å²) in [6.45, 7) is 7.35. The molecule has 3 heteroatoms. The maximum atomic E-state index is 4.27. The molecule has 0 aromatic carbocycles. The van der Waals surface area contributed by atoms with Crippen LogP contribution in [0.25, 0.3) is 10.9 Å². The Morgan fingerprint density at radius 2 is 2.33 bits per heavy atom. The summed E-state index contributed by atoms with van der Waals surface area (Å²) in [6, 6.07) is 5.28. The number of aromatic nitrogens is 2. The van der Waals surface area contributed by atoms with Crippen LogP contribution in [0.4, 0.5) is 0 Å². The molecule has 3 rings (SSSR count). The molecule has 2 aromatic heterocycles. The molecule has 0 fully saturated rings. The molecule has 0 N–H and O–H groups in total. The van der Waals surface area contributed by atoms with Gasteiger partial charge in [-0.15, -0.1) is 0 Å². The molecular weight excluding hydrogens is 222 g/mol. The zero-order valence-electron chi connectivity index (χ0n) is 10.9. The average molecular weight is 239 g/mol. The van der Waals surface area contributed by atoms with E-state index in [0.29, 0.717) is 0 Å². The molecular formula is C15H17N3. The van der Waals surface area contributed by atoms with Crippen LogP contribution in [0.5, 0.6) is 0 Å². The second-order valence-electron chi connectivity index (χ2n) is 4.63. The SMILES string of the molecule is CC#Cn1c2c(c3cnccc31)CN(CC)CC2. The van der Waals surface area contributed by atoms with Crippen LogP contribution in [-0.4, -0.2) is 27.5 Å². The highest BCUT2D eigenvalue weighted by molar-refractivity contribution is 5.85. The normalized spacial score (nSPS) is 15.2. The zero-order chi connectivity index (χ0) is 12.5. The molecule has 1 aliphatic rings. The van der Waals surface area contributed by atoms with Crippen molar-refractivity contribution in [2.24, 2.45) is 0 Å². The zero-order valence-corrected chi connectivity index (χ0v) is 10.9. The lowest BCUT2D eigenvalue weighted by Gasteiger charge is -2.25. The second kappa shape index (κ2) is 4.47. The van der Waals surface area contributed by atoms with Crippen molar-refractivity contribution in [3.63, 3.8) is 0 Å². The van der Waals surface area contributed by atoms with Crippen molar-refractivity contribution >= 4 is 10.9 Å². The first kappa shape index (κ1) is 11.3. The van der Waals surface area contributed by atoms with Crippen molar-refractivity contribution in [3.8, 4) is 12.0 Å². The molecule has 0 unspecified atom stereocenters. The monoisotopic (exact) mass is 239 g/mol. The molecule has 92 valence electrons. The maximum absolute atomic E-state index is 4.27. The maximum Gasteiger partial charge on any atom is 0.0649 e. The van der Waals surface area contributed by atoms with Crippen molar-refractivity contribution in [2.75, 3.05) is 13.1 Å². The van der Waals surface area contributed by atoms with Gasteiger partial charge in [-0.05, 0) is 25.1 Å². The minimum absolute atomic E-state index is 1.02. The standard InChI is InChI=1S/C15H17N3/c1-3-8-18-14-5-7-16-10-12(14)13-11-17(4-2)9-6-15(13)18/h5,7,10H,4,6,9,11H2,1-2H3. The first-order chi connectivity index (χ1) is 8.85. The molecule has 0 spiro atoms. The topological polar surface area (TPSA) is 21.1 Å². The molecule has 1 aliphatic heterocycles. The van der Waals surface area contributed by atoms with Crippen LogP contribution in [0, 0.1) is 12.0 Å². The van der Waals surface area contributed by atoms with Crippen LogP contribution in [0.15, 0.2) is 18.5 Å². The Morgan fingerprint density at radius 1 is 1.44 bits per heavy atom. The van der Waals surface area contributed by atoms with E-state index in [9.17, 15) is 0 Å². The van der Waals surface area contributed by atoms with Crippen molar-refractivity contribution in [2.45, 2.75) is 26.8 Å². The minimum Gasteiger partial charge on any atom is -0.299 e. The van der Waals surface area contributed by atoms with E-state index in [1.807, 2.05) is 19.3 Å². The molecule has 0 radical (unpaired) electrons. The van der Waals surface area contributed by atoms with E-state index in [0.717, 1.165) is 26.1 Å². The van der Waals surface area contributed by atoms with E-state index in [1.165, 1.54) is 22.2 Å². The van der Waals surface area contributed by atoms with Crippen molar-refractivity contribution in [1.82, 2.24) is 14.5 Å². The van der Waals surface area contributed by atoms with E-state index < -0.39 is 0 Å². The quantitative estimate of drug-likeness (QED) is 0.712. The van der Waals surface area contributed by atoms with Gasteiger partial charge in [-0.1, -0.05) is 12.8 Å². The van der Waals surface area contributed by atoms with Gasteiger partial charge in [0.25, 0.3) is 0 Å². The second-order valence-corrected chi connectivity index (χ2v) is 4.63. The summed E-state index contributed by atoms with van der Waals surface area (Å²) >= 11 is 0. The summed E-state index contributed by atoms with van der Waals surface area (Å²) < 4.78 is 2.15. The lowest BCUT2D eigenvalue weighted by molar-refractivity contribution is 0.267. The first-order valence-electron chi connectivity index (χ1n) is 6.46. The van der Waals surface area contributed by atoms with Gasteiger partial charge in [-0.3, -0.25) is 14.5 Å². The summed E-state index contributed by atoms with van der Waals surface area (Å²) in [5, 5.41) is 1.26. The minimum atomic E-state index is 1.02. The number of nitrogens with zero attached hydrogens (tertiary/aromatic N) is 3. The Morgan fingerprint density at radius 3 is 3.11 bits per heavy atom. The summed E-state index contributed by atoms with van der Waals surface area (Å²) in [5.41, 5.74) is 3.98. The number of rotatable bonds is 1. The van der Waals surface area contributed by atoms with E-state index in [1.54, 1.807) is 0 Å². The molecule has 3 nitrogen and oxygen atoms in total. The first-order valence-corrected chi connectivity index (χ1v) is 6.46. The Bertz CT molecular complexity index is 643. The summed E-state index contributed by atoms with van der Waals surface area (Å²) in [7, 11) is 0. The number of fused-ring (bicyclic) bond motifs is 3. The fourth-order valence-corrected chi connectivity index (χ4v) is 2.77. The van der Waals surface area contributed by atoms with Gasteiger partial charge in [0.05, 0.1) is 5.52 Å². The number of likely N-dealkylation sites (N-methyl/N-ethyl adjacent to an activating group) is 1. The van der Waals surface area contributed by atoms with E-state index >= 15 is 0 Å². The Kier molecular flexibility index (Phi) is 2.81. The fourth-order valence-electron chi connectivity index (χ4n) is 2.77. The van der Waals surface area contributed by atoms with Crippen molar-refractivity contribution < 1.29 is 0 Å². The predicted molar refractivity (Wildman–Crippen MR) is 73.2 cm³/mol. The average Bonchev–Trinajstić information content (AvgIpc) is 2.74. The Balaban J connectivity index is 2.25. The third-order valence-corrected chi connectivity index (χ3v) is 3.70. The number of hydrogen-bond acceptors (Lipinski definition) is 2. The Hall–Kier alpha value is -1.79. The highest BCUT2D eigenvalue weighted by Crippen LogP contribution is 2.29. The largest absolute Gasteiger partial charge is 0.299 e. The van der Waals surface area contributed by atoms with Gasteiger partial charge < -0.3 is 0 Å². The Labute approximate surface area is 107 Å². The molecule has 0 saturated heterocycles. The third-order valence-electron chi connectivity index (χ3n) is 3.70. The molecule has 0 saturated carbocycles. The van der Waals surface area contributed by atoms with E-state index in [-0.39, 0.29) is 0 Å². The van der Waals surface area contributed by atoms with Gasteiger partial charge in [-0.2, -0.15) is 0 Å². The van der Waals surface area contributed by atoms with Gasteiger partial charge in [-0.25, -0.2) is 0 Å². The van der Waals surface area contributed by atoms with Crippen LogP contribution in [-0.2, 0) is 13.0 Å². The number of hydrogen-bond donors (Lipinski definition) is 0. The van der Waals surface area contributed by atoms with Crippen LogP contribution in [0.1, 0.15) is 25.1 Å². The molecule has 0 bridgehead atoms. The van der Waals surface area contributed by atoms with E-state index in [2.05, 4.69) is 39.4 Å². The molecule has 0 amide bonds. The molecule has 18 heavy (non-hydrogen) atoms. The fraction of sp³-hybridized carbons (Fsp3) is 0.400.